The van der Waals surface area contributed by atoms with Gasteiger partial charge in [0.15, 0.2) is 5.13 Å². The van der Waals surface area contributed by atoms with Crippen LogP contribution in [0, 0.1) is 0 Å². The maximum Gasteiger partial charge on any atom is 0.180 e. The third kappa shape index (κ3) is 3.16. The van der Waals surface area contributed by atoms with Gasteiger partial charge in [-0.2, -0.15) is 0 Å². The molecule has 0 unspecified atom stereocenters. The molecule has 0 amide bonds. The largest absolute Gasteiger partial charge is 0.375 e. The molecule has 96 valence electrons. The van der Waals surface area contributed by atoms with Crippen LogP contribution in [0.15, 0.2) is 18.2 Å². The van der Waals surface area contributed by atoms with Crippen LogP contribution >= 0.6 is 34.5 Å². The number of nitrogen functional groups attached to an aromatic ring is 1. The molecule has 2 N–H and O–H groups in total. The maximum atomic E-state index is 6.00. The number of anilines is 1. The van der Waals surface area contributed by atoms with Crippen LogP contribution in [0.25, 0.3) is 0 Å². The molecule has 0 bridgehead atoms. The van der Waals surface area contributed by atoms with Crippen LogP contribution in [0.2, 0.25) is 10.0 Å². The van der Waals surface area contributed by atoms with E-state index >= 15 is 0 Å². The highest BCUT2D eigenvalue weighted by Crippen LogP contribution is 2.30. The SMILES string of the molecule is CC(C)c1nc(N)sc1Cc1cc(Cl)cc(Cl)c1. The smallest absolute Gasteiger partial charge is 0.180 e. The first-order valence-corrected chi connectivity index (χ1v) is 7.23. The van der Waals surface area contributed by atoms with E-state index in [1.54, 1.807) is 6.07 Å². The number of nitrogens with zero attached hydrogens (tertiary/aromatic N) is 1. The van der Waals surface area contributed by atoms with Crippen molar-refractivity contribution in [2.24, 2.45) is 0 Å². The lowest BCUT2D eigenvalue weighted by Gasteiger charge is -2.06. The summed E-state index contributed by atoms with van der Waals surface area (Å²) in [7, 11) is 0. The van der Waals surface area contributed by atoms with Crippen molar-refractivity contribution in [3.8, 4) is 0 Å². The standard InChI is InChI=1S/C13H14Cl2N2S/c1-7(2)12-11(18-13(16)17-12)5-8-3-9(14)6-10(15)4-8/h3-4,6-7H,5H2,1-2H3,(H2,16,17). The average molecular weight is 301 g/mol. The molecule has 0 aliphatic rings. The second-order valence-corrected chi connectivity index (χ2v) is 6.46. The number of hydrogen-bond acceptors (Lipinski definition) is 3. The van der Waals surface area contributed by atoms with Gasteiger partial charge >= 0.3 is 0 Å². The summed E-state index contributed by atoms with van der Waals surface area (Å²) in [5, 5.41) is 1.92. The number of hydrogen-bond donors (Lipinski definition) is 1. The molecule has 1 heterocycles. The van der Waals surface area contributed by atoms with Gasteiger partial charge in [-0.25, -0.2) is 4.98 Å². The molecule has 0 aliphatic carbocycles. The molecule has 0 saturated heterocycles. The highest BCUT2D eigenvalue weighted by molar-refractivity contribution is 7.15. The normalized spacial score (nSPS) is 11.2. The summed E-state index contributed by atoms with van der Waals surface area (Å²) in [5.41, 5.74) is 7.93. The molecule has 2 rings (SSSR count). The highest BCUT2D eigenvalue weighted by atomic mass is 35.5. The Hall–Kier alpha value is -0.770. The van der Waals surface area contributed by atoms with Crippen molar-refractivity contribution >= 4 is 39.7 Å². The van der Waals surface area contributed by atoms with Gasteiger partial charge in [0.05, 0.1) is 5.69 Å². The molecular formula is C13H14Cl2N2S. The zero-order valence-corrected chi connectivity index (χ0v) is 12.5. The second kappa shape index (κ2) is 5.47. The Morgan fingerprint density at radius 1 is 1.22 bits per heavy atom. The van der Waals surface area contributed by atoms with Gasteiger partial charge in [-0.3, -0.25) is 0 Å². The lowest BCUT2D eigenvalue weighted by Crippen LogP contribution is -1.95. The molecule has 2 aromatic rings. The predicted octanol–water partition coefficient (Wildman–Crippen LogP) is 4.75. The molecule has 0 radical (unpaired) electrons. The van der Waals surface area contributed by atoms with E-state index in [1.807, 2.05) is 12.1 Å². The highest BCUT2D eigenvalue weighted by Gasteiger charge is 2.13. The summed E-state index contributed by atoms with van der Waals surface area (Å²) in [4.78, 5) is 5.56. The van der Waals surface area contributed by atoms with Gasteiger partial charge in [0.25, 0.3) is 0 Å². The Morgan fingerprint density at radius 2 is 1.83 bits per heavy atom. The number of rotatable bonds is 3. The van der Waals surface area contributed by atoms with Gasteiger partial charge < -0.3 is 5.73 Å². The molecule has 2 nitrogen and oxygen atoms in total. The summed E-state index contributed by atoms with van der Waals surface area (Å²) in [6.07, 6.45) is 0.767. The predicted molar refractivity (Wildman–Crippen MR) is 79.9 cm³/mol. The summed E-state index contributed by atoms with van der Waals surface area (Å²) in [5.74, 6) is 0.364. The van der Waals surface area contributed by atoms with E-state index in [0.29, 0.717) is 21.1 Å². The lowest BCUT2D eigenvalue weighted by molar-refractivity contribution is 0.820. The number of aromatic nitrogens is 1. The second-order valence-electron chi connectivity index (χ2n) is 4.47. The number of halogens is 2. The van der Waals surface area contributed by atoms with Crippen molar-refractivity contribution in [2.75, 3.05) is 5.73 Å². The van der Waals surface area contributed by atoms with Crippen molar-refractivity contribution in [3.63, 3.8) is 0 Å². The molecule has 0 spiro atoms. The van der Waals surface area contributed by atoms with Gasteiger partial charge in [-0.05, 0) is 29.7 Å². The third-order valence-electron chi connectivity index (χ3n) is 2.58. The molecule has 1 aromatic carbocycles. The van der Waals surface area contributed by atoms with Crippen LogP contribution in [0.5, 0.6) is 0 Å². The van der Waals surface area contributed by atoms with E-state index in [0.717, 1.165) is 17.7 Å². The fraction of sp³-hybridized carbons (Fsp3) is 0.308. The monoisotopic (exact) mass is 300 g/mol. The Bertz CT molecular complexity index is 544. The fourth-order valence-corrected chi connectivity index (χ4v) is 3.45. The van der Waals surface area contributed by atoms with E-state index in [-0.39, 0.29) is 0 Å². The Balaban J connectivity index is 2.33. The Morgan fingerprint density at radius 3 is 2.39 bits per heavy atom. The Labute approximate surface area is 121 Å². The summed E-state index contributed by atoms with van der Waals surface area (Å²) < 4.78 is 0. The molecule has 0 atom stereocenters. The van der Waals surface area contributed by atoms with Gasteiger partial charge in [-0.1, -0.05) is 37.0 Å². The van der Waals surface area contributed by atoms with Crippen molar-refractivity contribution in [1.29, 1.82) is 0 Å². The molecular weight excluding hydrogens is 287 g/mol. The first-order valence-electron chi connectivity index (χ1n) is 5.65. The van der Waals surface area contributed by atoms with Gasteiger partial charge in [-0.15, -0.1) is 11.3 Å². The maximum absolute atomic E-state index is 6.00. The summed E-state index contributed by atoms with van der Waals surface area (Å²) in [6.45, 7) is 4.23. The zero-order valence-electron chi connectivity index (χ0n) is 10.2. The molecule has 1 aromatic heterocycles. The first kappa shape index (κ1) is 13.7. The molecule has 0 fully saturated rings. The number of benzene rings is 1. The van der Waals surface area contributed by atoms with E-state index in [1.165, 1.54) is 16.2 Å². The number of nitrogens with two attached hydrogens (primary N) is 1. The minimum atomic E-state index is 0.364. The van der Waals surface area contributed by atoms with Crippen molar-refractivity contribution < 1.29 is 0 Å². The molecule has 18 heavy (non-hydrogen) atoms. The third-order valence-corrected chi connectivity index (χ3v) is 3.91. The van der Waals surface area contributed by atoms with Gasteiger partial charge in [0.2, 0.25) is 0 Å². The van der Waals surface area contributed by atoms with Crippen LogP contribution in [0.1, 0.15) is 35.9 Å². The van der Waals surface area contributed by atoms with E-state index in [9.17, 15) is 0 Å². The summed E-state index contributed by atoms with van der Waals surface area (Å²) >= 11 is 13.5. The average Bonchev–Trinajstić information content (AvgIpc) is 2.57. The van der Waals surface area contributed by atoms with Crippen LogP contribution in [-0.2, 0) is 6.42 Å². The van der Waals surface area contributed by atoms with Crippen LogP contribution in [-0.4, -0.2) is 4.98 Å². The number of thiazole rings is 1. The summed E-state index contributed by atoms with van der Waals surface area (Å²) in [6, 6.07) is 5.58. The molecule has 5 heteroatoms. The van der Waals surface area contributed by atoms with Crippen molar-refractivity contribution in [2.45, 2.75) is 26.2 Å². The lowest BCUT2D eigenvalue weighted by atomic mass is 10.0. The van der Waals surface area contributed by atoms with Crippen LogP contribution < -0.4 is 5.73 Å². The topological polar surface area (TPSA) is 38.9 Å². The van der Waals surface area contributed by atoms with Gasteiger partial charge in [0, 0.05) is 21.3 Å². The van der Waals surface area contributed by atoms with Crippen LogP contribution in [0.3, 0.4) is 0 Å². The van der Waals surface area contributed by atoms with Crippen LogP contribution in [0.4, 0.5) is 5.13 Å². The minimum Gasteiger partial charge on any atom is -0.375 e. The molecule has 0 saturated carbocycles. The fourth-order valence-electron chi connectivity index (χ4n) is 1.86. The van der Waals surface area contributed by atoms with E-state index in [2.05, 4.69) is 18.8 Å². The molecule has 0 aliphatic heterocycles. The van der Waals surface area contributed by atoms with Crippen molar-refractivity contribution in [1.82, 2.24) is 4.98 Å². The first-order chi connectivity index (χ1) is 8.45. The van der Waals surface area contributed by atoms with E-state index in [4.69, 9.17) is 28.9 Å². The quantitative estimate of drug-likeness (QED) is 0.888. The minimum absolute atomic E-state index is 0.364. The Kier molecular flexibility index (Phi) is 4.15. The van der Waals surface area contributed by atoms with Gasteiger partial charge in [0.1, 0.15) is 0 Å². The zero-order chi connectivity index (χ0) is 13.3. The van der Waals surface area contributed by atoms with Crippen molar-refractivity contribution in [3.05, 3.63) is 44.4 Å². The van der Waals surface area contributed by atoms with E-state index < -0.39 is 0 Å².